The lowest BCUT2D eigenvalue weighted by atomic mass is 9.89. The summed E-state index contributed by atoms with van der Waals surface area (Å²) in [6.45, 7) is 9.18. The van der Waals surface area contributed by atoms with E-state index in [1.165, 1.54) is 18.9 Å². The molecular weight excluding hydrogens is 546 g/mol. The molecule has 4 aliphatic rings. The standard InChI is InChI=1S/C34H38F2N6O/c1-20-8-11-25-28-31(29(36)30(38-25)23-7-3-6-22-9-10-24(35)21(2)27(22)23)39-33(40-32(28)42-17-14-37-18-26(20)42)43-19-34-12-4-15-41(34)16-5-13-34/h3,6-7,9-10,20,26,37H,4-5,8,11-19H2,1-2H3. The predicted octanol–water partition coefficient (Wildman–Crippen LogP) is 5.80. The minimum absolute atomic E-state index is 0.0215. The van der Waals surface area contributed by atoms with E-state index in [0.717, 1.165) is 68.9 Å². The van der Waals surface area contributed by atoms with Crippen molar-refractivity contribution < 1.29 is 13.5 Å². The number of benzene rings is 2. The van der Waals surface area contributed by atoms with Crippen LogP contribution in [0.2, 0.25) is 0 Å². The summed E-state index contributed by atoms with van der Waals surface area (Å²) in [7, 11) is 0. The van der Waals surface area contributed by atoms with E-state index in [1.807, 2.05) is 18.2 Å². The summed E-state index contributed by atoms with van der Waals surface area (Å²) < 4.78 is 38.2. The Hall–Kier alpha value is -3.43. The van der Waals surface area contributed by atoms with Crippen LogP contribution < -0.4 is 15.0 Å². The number of ether oxygens (including phenoxy) is 1. The Morgan fingerprint density at radius 1 is 1.02 bits per heavy atom. The zero-order valence-electron chi connectivity index (χ0n) is 24.9. The van der Waals surface area contributed by atoms with Crippen molar-refractivity contribution in [3.05, 3.63) is 53.2 Å². The number of hydrogen-bond acceptors (Lipinski definition) is 7. The van der Waals surface area contributed by atoms with E-state index in [0.29, 0.717) is 40.8 Å². The summed E-state index contributed by atoms with van der Waals surface area (Å²) in [5.74, 6) is 0.273. The molecule has 224 valence electrons. The van der Waals surface area contributed by atoms with Gasteiger partial charge in [-0.2, -0.15) is 9.97 Å². The lowest BCUT2D eigenvalue weighted by Crippen LogP contribution is -2.55. The van der Waals surface area contributed by atoms with Crippen molar-refractivity contribution in [2.45, 2.75) is 64.0 Å². The highest BCUT2D eigenvalue weighted by Gasteiger charge is 2.45. The molecular formula is C34H38F2N6O. The molecule has 0 radical (unpaired) electrons. The van der Waals surface area contributed by atoms with Gasteiger partial charge in [0.1, 0.15) is 29.5 Å². The highest BCUT2D eigenvalue weighted by atomic mass is 19.1. The van der Waals surface area contributed by atoms with Crippen molar-refractivity contribution in [3.8, 4) is 17.3 Å². The number of fused-ring (bicyclic) bond motifs is 4. The van der Waals surface area contributed by atoms with Gasteiger partial charge in [0.2, 0.25) is 0 Å². The van der Waals surface area contributed by atoms with Crippen LogP contribution in [-0.2, 0) is 6.42 Å². The number of rotatable bonds is 4. The molecule has 7 nitrogen and oxygen atoms in total. The third-order valence-corrected chi connectivity index (χ3v) is 10.6. The van der Waals surface area contributed by atoms with E-state index >= 15 is 4.39 Å². The Kier molecular flexibility index (Phi) is 6.53. The van der Waals surface area contributed by atoms with Gasteiger partial charge < -0.3 is 15.0 Å². The molecule has 6 heterocycles. The number of anilines is 1. The summed E-state index contributed by atoms with van der Waals surface area (Å²) in [6, 6.07) is 9.31. The summed E-state index contributed by atoms with van der Waals surface area (Å²) in [4.78, 5) is 19.7. The highest BCUT2D eigenvalue weighted by Crippen LogP contribution is 2.42. The fourth-order valence-corrected chi connectivity index (χ4v) is 8.28. The van der Waals surface area contributed by atoms with Crippen molar-refractivity contribution in [2.75, 3.05) is 44.2 Å². The maximum atomic E-state index is 17.0. The molecule has 2 aromatic carbocycles. The fourth-order valence-electron chi connectivity index (χ4n) is 8.28. The first-order valence-electron chi connectivity index (χ1n) is 15.9. The van der Waals surface area contributed by atoms with Gasteiger partial charge >= 0.3 is 6.01 Å². The Labute approximate surface area is 250 Å². The van der Waals surface area contributed by atoms with Crippen LogP contribution >= 0.6 is 0 Å². The van der Waals surface area contributed by atoms with Gasteiger partial charge in [-0.1, -0.05) is 31.2 Å². The molecule has 3 fully saturated rings. The zero-order valence-corrected chi connectivity index (χ0v) is 24.9. The minimum Gasteiger partial charge on any atom is -0.461 e. The van der Waals surface area contributed by atoms with Gasteiger partial charge in [-0.05, 0) is 86.9 Å². The van der Waals surface area contributed by atoms with Crippen LogP contribution in [0.3, 0.4) is 0 Å². The van der Waals surface area contributed by atoms with E-state index in [-0.39, 0.29) is 34.6 Å². The predicted molar refractivity (Wildman–Crippen MR) is 165 cm³/mol. The minimum atomic E-state index is -0.509. The maximum Gasteiger partial charge on any atom is 0.319 e. The van der Waals surface area contributed by atoms with E-state index in [2.05, 4.69) is 22.0 Å². The van der Waals surface area contributed by atoms with Gasteiger partial charge in [-0.15, -0.1) is 0 Å². The first-order chi connectivity index (χ1) is 20.9. The highest BCUT2D eigenvalue weighted by molar-refractivity contribution is 6.01. The van der Waals surface area contributed by atoms with Crippen LogP contribution in [0.25, 0.3) is 32.9 Å². The van der Waals surface area contributed by atoms with Gasteiger partial charge in [0.25, 0.3) is 0 Å². The molecule has 4 aliphatic heterocycles. The van der Waals surface area contributed by atoms with Crippen LogP contribution in [-0.4, -0.2) is 70.8 Å². The van der Waals surface area contributed by atoms with E-state index in [1.54, 1.807) is 13.0 Å². The number of hydrogen-bond donors (Lipinski definition) is 1. The molecule has 0 aliphatic carbocycles. The second-order valence-electron chi connectivity index (χ2n) is 13.0. The molecule has 2 atom stereocenters. The van der Waals surface area contributed by atoms with Crippen molar-refractivity contribution >= 4 is 27.5 Å². The SMILES string of the molecule is Cc1c(F)ccc2cccc(-c3nc4c5c(nc(OCC67CCCN6CCC7)nc5c3F)N3CCNCC3C(C)CC4)c12. The average Bonchev–Trinajstić information content (AvgIpc) is 3.61. The Morgan fingerprint density at radius 2 is 1.86 bits per heavy atom. The first-order valence-corrected chi connectivity index (χ1v) is 15.9. The van der Waals surface area contributed by atoms with E-state index < -0.39 is 5.82 Å². The third-order valence-electron chi connectivity index (χ3n) is 10.6. The smallest absolute Gasteiger partial charge is 0.319 e. The normalized spacial score (nSPS) is 23.3. The molecule has 9 heteroatoms. The van der Waals surface area contributed by atoms with Gasteiger partial charge in [0.05, 0.1) is 16.6 Å². The molecule has 2 unspecified atom stereocenters. The summed E-state index contributed by atoms with van der Waals surface area (Å²) in [5, 5.41) is 5.75. The zero-order chi connectivity index (χ0) is 29.3. The molecule has 2 aromatic heterocycles. The molecule has 1 N–H and O–H groups in total. The lowest BCUT2D eigenvalue weighted by Gasteiger charge is -2.42. The molecule has 0 spiro atoms. The Morgan fingerprint density at radius 3 is 2.70 bits per heavy atom. The molecule has 4 aromatic rings. The summed E-state index contributed by atoms with van der Waals surface area (Å²) >= 11 is 0. The van der Waals surface area contributed by atoms with Gasteiger partial charge in [0.15, 0.2) is 5.82 Å². The molecule has 3 saturated heterocycles. The quantitative estimate of drug-likeness (QED) is 0.325. The van der Waals surface area contributed by atoms with Gasteiger partial charge in [-0.25, -0.2) is 13.8 Å². The van der Waals surface area contributed by atoms with Crippen molar-refractivity contribution in [2.24, 2.45) is 5.92 Å². The van der Waals surface area contributed by atoms with Crippen molar-refractivity contribution in [1.82, 2.24) is 25.2 Å². The van der Waals surface area contributed by atoms with Crippen LogP contribution in [0.4, 0.5) is 14.6 Å². The topological polar surface area (TPSA) is 66.4 Å². The number of piperazine rings is 1. The molecule has 8 rings (SSSR count). The summed E-state index contributed by atoms with van der Waals surface area (Å²) in [6.07, 6.45) is 6.15. The average molecular weight is 585 g/mol. The number of nitrogens with zero attached hydrogens (tertiary/aromatic N) is 5. The molecule has 0 amide bonds. The molecule has 0 bridgehead atoms. The van der Waals surface area contributed by atoms with Gasteiger partial charge in [0, 0.05) is 31.2 Å². The van der Waals surface area contributed by atoms with Crippen LogP contribution in [0.15, 0.2) is 30.3 Å². The second-order valence-corrected chi connectivity index (χ2v) is 13.0. The lowest BCUT2D eigenvalue weighted by molar-refractivity contribution is 0.108. The largest absolute Gasteiger partial charge is 0.461 e. The Balaban J connectivity index is 1.34. The van der Waals surface area contributed by atoms with Crippen molar-refractivity contribution in [3.63, 3.8) is 0 Å². The van der Waals surface area contributed by atoms with Crippen LogP contribution in [0.5, 0.6) is 6.01 Å². The van der Waals surface area contributed by atoms with Crippen LogP contribution in [0, 0.1) is 24.5 Å². The summed E-state index contributed by atoms with van der Waals surface area (Å²) in [5.41, 5.74) is 2.32. The number of halogens is 2. The monoisotopic (exact) mass is 584 g/mol. The number of nitrogens with one attached hydrogen (secondary N) is 1. The Bertz CT molecular complexity index is 1730. The molecule has 0 saturated carbocycles. The third kappa shape index (κ3) is 4.30. The first kappa shape index (κ1) is 27.1. The molecule has 43 heavy (non-hydrogen) atoms. The van der Waals surface area contributed by atoms with Crippen LogP contribution in [0.1, 0.15) is 50.3 Å². The number of aromatic nitrogens is 3. The van der Waals surface area contributed by atoms with E-state index in [9.17, 15) is 4.39 Å². The fraction of sp³-hybridized carbons (Fsp3) is 0.500. The second kappa shape index (κ2) is 10.3. The van der Waals surface area contributed by atoms with E-state index in [4.69, 9.17) is 19.7 Å². The maximum absolute atomic E-state index is 17.0. The number of pyridine rings is 1. The van der Waals surface area contributed by atoms with Gasteiger partial charge in [-0.3, -0.25) is 4.90 Å². The number of aryl methyl sites for hydroxylation is 2. The van der Waals surface area contributed by atoms with Crippen molar-refractivity contribution in [1.29, 1.82) is 0 Å².